The van der Waals surface area contributed by atoms with Gasteiger partial charge in [-0.25, -0.2) is 0 Å². The molecule has 0 saturated carbocycles. The van der Waals surface area contributed by atoms with Crippen molar-refractivity contribution in [3.05, 3.63) is 40.2 Å². The summed E-state index contributed by atoms with van der Waals surface area (Å²) in [6.45, 7) is 4.62. The molecule has 2 rings (SSSR count). The van der Waals surface area contributed by atoms with Gasteiger partial charge in [-0.1, -0.05) is 11.6 Å². The summed E-state index contributed by atoms with van der Waals surface area (Å²) in [5.41, 5.74) is 3.45. The van der Waals surface area contributed by atoms with Crippen molar-refractivity contribution < 1.29 is 9.53 Å². The predicted octanol–water partition coefficient (Wildman–Crippen LogP) is 2.77. The zero-order valence-corrected chi connectivity index (χ0v) is 15.4. The van der Waals surface area contributed by atoms with E-state index in [0.29, 0.717) is 11.6 Å². The van der Waals surface area contributed by atoms with Crippen LogP contribution < -0.4 is 10.1 Å². The van der Waals surface area contributed by atoms with Gasteiger partial charge in [0.05, 0.1) is 30.7 Å². The number of nitrogens with one attached hydrogen (secondary N) is 1. The second-order valence-corrected chi connectivity index (χ2v) is 6.28. The monoisotopic (exact) mass is 350 g/mol. The molecular formula is C17H23ClN4O2. The number of halogens is 1. The smallest absolute Gasteiger partial charge is 0.238 e. The lowest BCUT2D eigenvalue weighted by Gasteiger charge is -2.18. The number of anilines is 1. The standard InChI is InChI=1S/C17H23ClN4O2/c1-11-17(12(2)22(4)20-11)19-16(23)10-21(3)9-13-8-14(18)6-7-15(13)24-5/h6-8H,9-10H2,1-5H3,(H,19,23). The maximum absolute atomic E-state index is 12.3. The number of hydrogen-bond donors (Lipinski definition) is 1. The van der Waals surface area contributed by atoms with Crippen molar-refractivity contribution in [2.45, 2.75) is 20.4 Å². The zero-order chi connectivity index (χ0) is 17.9. The minimum atomic E-state index is -0.0855. The van der Waals surface area contributed by atoms with E-state index >= 15 is 0 Å². The molecule has 1 amide bonds. The fourth-order valence-electron chi connectivity index (χ4n) is 2.60. The van der Waals surface area contributed by atoms with Crippen LogP contribution in [-0.2, 0) is 18.4 Å². The number of nitrogens with zero attached hydrogens (tertiary/aromatic N) is 3. The molecule has 0 unspecified atom stereocenters. The first-order valence-corrected chi connectivity index (χ1v) is 8.00. The van der Waals surface area contributed by atoms with E-state index in [2.05, 4.69) is 10.4 Å². The number of ether oxygens (including phenoxy) is 1. The van der Waals surface area contributed by atoms with Gasteiger partial charge in [0.15, 0.2) is 0 Å². The maximum Gasteiger partial charge on any atom is 0.238 e. The van der Waals surface area contributed by atoms with Crippen molar-refractivity contribution >= 4 is 23.2 Å². The average molecular weight is 351 g/mol. The Hall–Kier alpha value is -2.05. The normalized spacial score (nSPS) is 11.0. The minimum absolute atomic E-state index is 0.0855. The van der Waals surface area contributed by atoms with Gasteiger partial charge in [-0.2, -0.15) is 5.10 Å². The first kappa shape index (κ1) is 18.3. The molecule has 0 saturated heterocycles. The van der Waals surface area contributed by atoms with Gasteiger partial charge >= 0.3 is 0 Å². The van der Waals surface area contributed by atoms with Crippen LogP contribution in [-0.4, -0.2) is 41.3 Å². The molecule has 1 heterocycles. The molecule has 0 bridgehead atoms. The van der Waals surface area contributed by atoms with Crippen LogP contribution in [0.5, 0.6) is 5.75 Å². The molecule has 1 aromatic heterocycles. The minimum Gasteiger partial charge on any atom is -0.496 e. The Bertz CT molecular complexity index is 742. The Balaban J connectivity index is 2.00. The van der Waals surface area contributed by atoms with E-state index in [-0.39, 0.29) is 12.5 Å². The highest BCUT2D eigenvalue weighted by Gasteiger charge is 2.15. The van der Waals surface area contributed by atoms with E-state index < -0.39 is 0 Å². The summed E-state index contributed by atoms with van der Waals surface area (Å²) in [5.74, 6) is 0.670. The van der Waals surface area contributed by atoms with E-state index in [9.17, 15) is 4.79 Å². The molecule has 24 heavy (non-hydrogen) atoms. The summed E-state index contributed by atoms with van der Waals surface area (Å²) >= 11 is 6.04. The third-order valence-electron chi connectivity index (χ3n) is 3.87. The van der Waals surface area contributed by atoms with Crippen molar-refractivity contribution in [2.75, 3.05) is 26.0 Å². The van der Waals surface area contributed by atoms with Gasteiger partial charge in [0.2, 0.25) is 5.91 Å². The number of carbonyl (C=O) groups excluding carboxylic acids is 1. The molecule has 0 fully saturated rings. The lowest BCUT2D eigenvalue weighted by molar-refractivity contribution is -0.117. The van der Waals surface area contributed by atoms with Crippen molar-refractivity contribution in [1.29, 1.82) is 0 Å². The molecule has 0 radical (unpaired) electrons. The molecule has 130 valence electrons. The number of amides is 1. The van der Waals surface area contributed by atoms with Gasteiger partial charge in [0.1, 0.15) is 5.75 Å². The lowest BCUT2D eigenvalue weighted by atomic mass is 10.2. The second-order valence-electron chi connectivity index (χ2n) is 5.85. The van der Waals surface area contributed by atoms with Crippen molar-refractivity contribution in [2.24, 2.45) is 7.05 Å². The van der Waals surface area contributed by atoms with Gasteiger partial charge in [-0.15, -0.1) is 0 Å². The number of hydrogen-bond acceptors (Lipinski definition) is 4. The number of benzene rings is 1. The number of rotatable bonds is 6. The molecule has 0 atom stereocenters. The summed E-state index contributed by atoms with van der Waals surface area (Å²) in [7, 11) is 5.35. The van der Waals surface area contributed by atoms with E-state index in [4.69, 9.17) is 16.3 Å². The largest absolute Gasteiger partial charge is 0.496 e. The van der Waals surface area contributed by atoms with Crippen molar-refractivity contribution in [3.8, 4) is 5.75 Å². The fraction of sp³-hybridized carbons (Fsp3) is 0.412. The van der Waals surface area contributed by atoms with Crippen LogP contribution in [0.4, 0.5) is 5.69 Å². The Morgan fingerprint density at radius 3 is 2.71 bits per heavy atom. The molecule has 2 aromatic rings. The van der Waals surface area contributed by atoms with Gasteiger partial charge < -0.3 is 10.1 Å². The first-order chi connectivity index (χ1) is 11.3. The Kier molecular flexibility index (Phi) is 5.85. The molecule has 0 aliphatic heterocycles. The molecule has 7 heteroatoms. The van der Waals surface area contributed by atoms with E-state index in [1.54, 1.807) is 17.9 Å². The molecule has 0 aliphatic rings. The molecule has 0 aliphatic carbocycles. The van der Waals surface area contributed by atoms with Crippen LogP contribution in [0.1, 0.15) is 17.0 Å². The van der Waals surface area contributed by atoms with Crippen molar-refractivity contribution in [3.63, 3.8) is 0 Å². The molecule has 0 spiro atoms. The van der Waals surface area contributed by atoms with Gasteiger partial charge in [-0.05, 0) is 39.1 Å². The van der Waals surface area contributed by atoms with Gasteiger partial charge in [-0.3, -0.25) is 14.4 Å². The summed E-state index contributed by atoms with van der Waals surface area (Å²) in [5, 5.41) is 7.88. The molecule has 1 N–H and O–H groups in total. The van der Waals surface area contributed by atoms with Crippen LogP contribution >= 0.6 is 11.6 Å². The number of aryl methyl sites for hydroxylation is 2. The zero-order valence-electron chi connectivity index (χ0n) is 14.7. The highest BCUT2D eigenvalue weighted by atomic mass is 35.5. The Morgan fingerprint density at radius 2 is 2.12 bits per heavy atom. The Morgan fingerprint density at radius 1 is 1.42 bits per heavy atom. The quantitative estimate of drug-likeness (QED) is 0.870. The maximum atomic E-state index is 12.3. The molecule has 1 aromatic carbocycles. The average Bonchev–Trinajstić information content (AvgIpc) is 2.73. The number of methoxy groups -OCH3 is 1. The van der Waals surface area contributed by atoms with Crippen LogP contribution in [0.25, 0.3) is 0 Å². The topological polar surface area (TPSA) is 59.4 Å². The SMILES string of the molecule is COc1ccc(Cl)cc1CN(C)CC(=O)Nc1c(C)nn(C)c1C. The summed E-state index contributed by atoms with van der Waals surface area (Å²) in [4.78, 5) is 14.2. The first-order valence-electron chi connectivity index (χ1n) is 7.62. The van der Waals surface area contributed by atoms with Crippen LogP contribution in [0.3, 0.4) is 0 Å². The highest BCUT2D eigenvalue weighted by molar-refractivity contribution is 6.30. The molecular weight excluding hydrogens is 328 g/mol. The van der Waals surface area contributed by atoms with Gasteiger partial charge in [0, 0.05) is 24.2 Å². The number of likely N-dealkylation sites (N-methyl/N-ethyl adjacent to an activating group) is 1. The number of aromatic nitrogens is 2. The van der Waals surface area contributed by atoms with Crippen LogP contribution in [0.15, 0.2) is 18.2 Å². The summed E-state index contributed by atoms with van der Waals surface area (Å²) in [6.07, 6.45) is 0. The van der Waals surface area contributed by atoms with E-state index in [1.165, 1.54) is 0 Å². The van der Waals surface area contributed by atoms with E-state index in [1.807, 2.05) is 45.0 Å². The number of carbonyl (C=O) groups is 1. The fourth-order valence-corrected chi connectivity index (χ4v) is 2.79. The summed E-state index contributed by atoms with van der Waals surface area (Å²) in [6, 6.07) is 5.46. The molecule has 6 nitrogen and oxygen atoms in total. The van der Waals surface area contributed by atoms with Crippen LogP contribution in [0, 0.1) is 13.8 Å². The van der Waals surface area contributed by atoms with Crippen LogP contribution in [0.2, 0.25) is 5.02 Å². The lowest BCUT2D eigenvalue weighted by Crippen LogP contribution is -2.30. The highest BCUT2D eigenvalue weighted by Crippen LogP contribution is 2.24. The second kappa shape index (κ2) is 7.68. The van der Waals surface area contributed by atoms with E-state index in [0.717, 1.165) is 28.4 Å². The van der Waals surface area contributed by atoms with Gasteiger partial charge in [0.25, 0.3) is 0 Å². The Labute approximate surface area is 147 Å². The third-order valence-corrected chi connectivity index (χ3v) is 4.10. The summed E-state index contributed by atoms with van der Waals surface area (Å²) < 4.78 is 7.09. The van der Waals surface area contributed by atoms with Crippen molar-refractivity contribution in [1.82, 2.24) is 14.7 Å². The predicted molar refractivity (Wildman–Crippen MR) is 95.6 cm³/mol. The third kappa shape index (κ3) is 4.27.